The predicted molar refractivity (Wildman–Crippen MR) is 132 cm³/mol. The van der Waals surface area contributed by atoms with Crippen molar-refractivity contribution in [3.05, 3.63) is 65.5 Å². The molecule has 0 atom stereocenters. The summed E-state index contributed by atoms with van der Waals surface area (Å²) in [6.07, 6.45) is 8.72. The van der Waals surface area contributed by atoms with E-state index in [0.29, 0.717) is 25.0 Å². The van der Waals surface area contributed by atoms with Crippen LogP contribution < -0.4 is 4.74 Å². The van der Waals surface area contributed by atoms with E-state index in [0.717, 1.165) is 82.4 Å². The van der Waals surface area contributed by atoms with Gasteiger partial charge in [-0.25, -0.2) is 4.39 Å². The quantitative estimate of drug-likeness (QED) is 0.605. The van der Waals surface area contributed by atoms with Crippen molar-refractivity contribution >= 4 is 5.91 Å². The number of aryl methyl sites for hydroxylation is 1. The van der Waals surface area contributed by atoms with Crippen LogP contribution in [0.3, 0.4) is 0 Å². The standard InChI is InChI=1S/C29H37FN2O2/c30-26-10-3-1-9-25(26)21-31-19-20-34-27-11-4-2-7-23(27)8-5-6-14-29(22-31)15-17-32(18-16-29)28(33)24-12-13-24/h1-4,7,9-11,24H,5-6,8,12-22H2. The number of halogens is 1. The molecule has 1 saturated heterocycles. The Kier molecular flexibility index (Phi) is 7.19. The van der Waals surface area contributed by atoms with Gasteiger partial charge in [-0.15, -0.1) is 0 Å². The number of likely N-dealkylation sites (tertiary alicyclic amines) is 1. The fourth-order valence-corrected chi connectivity index (χ4v) is 5.78. The summed E-state index contributed by atoms with van der Waals surface area (Å²) in [6, 6.07) is 15.5. The second kappa shape index (κ2) is 10.5. The molecule has 1 saturated carbocycles. The summed E-state index contributed by atoms with van der Waals surface area (Å²) in [6.45, 7) is 4.59. The Morgan fingerprint density at radius 1 is 0.971 bits per heavy atom. The fourth-order valence-electron chi connectivity index (χ4n) is 5.78. The van der Waals surface area contributed by atoms with Crippen LogP contribution in [0.25, 0.3) is 0 Å². The number of carbonyl (C=O) groups is 1. The van der Waals surface area contributed by atoms with Crippen LogP contribution >= 0.6 is 0 Å². The van der Waals surface area contributed by atoms with Gasteiger partial charge in [0.1, 0.15) is 18.2 Å². The molecule has 34 heavy (non-hydrogen) atoms. The summed E-state index contributed by atoms with van der Waals surface area (Å²) in [5.74, 6) is 1.51. The lowest BCUT2D eigenvalue weighted by atomic mass is 9.73. The minimum atomic E-state index is -0.140. The van der Waals surface area contributed by atoms with Crippen molar-refractivity contribution in [1.82, 2.24) is 9.80 Å². The number of ether oxygens (including phenoxy) is 1. The Balaban J connectivity index is 1.34. The monoisotopic (exact) mass is 464 g/mol. The predicted octanol–water partition coefficient (Wildman–Crippen LogP) is 5.45. The molecule has 0 bridgehead atoms. The van der Waals surface area contributed by atoms with Crippen LogP contribution in [0.2, 0.25) is 0 Å². The third-order valence-electron chi connectivity index (χ3n) is 8.01. The third kappa shape index (κ3) is 5.63. The van der Waals surface area contributed by atoms with Crippen LogP contribution in [0.4, 0.5) is 4.39 Å². The number of rotatable bonds is 3. The van der Waals surface area contributed by atoms with Crippen molar-refractivity contribution in [3.8, 4) is 5.75 Å². The van der Waals surface area contributed by atoms with Gasteiger partial charge in [0.15, 0.2) is 0 Å². The van der Waals surface area contributed by atoms with Crippen LogP contribution in [-0.4, -0.2) is 48.5 Å². The highest BCUT2D eigenvalue weighted by Crippen LogP contribution is 2.40. The molecule has 4 nitrogen and oxygen atoms in total. The van der Waals surface area contributed by atoms with Crippen LogP contribution in [-0.2, 0) is 17.8 Å². The molecule has 2 aromatic rings. The Morgan fingerprint density at radius 3 is 2.53 bits per heavy atom. The Morgan fingerprint density at radius 2 is 1.74 bits per heavy atom. The molecule has 0 N–H and O–H groups in total. The maximum Gasteiger partial charge on any atom is 0.225 e. The summed E-state index contributed by atoms with van der Waals surface area (Å²) < 4.78 is 20.8. The molecular formula is C29H37FN2O2. The molecule has 0 radical (unpaired) electrons. The summed E-state index contributed by atoms with van der Waals surface area (Å²) in [4.78, 5) is 17.2. The van der Waals surface area contributed by atoms with Crippen molar-refractivity contribution in [2.24, 2.45) is 11.3 Å². The molecule has 2 fully saturated rings. The van der Waals surface area contributed by atoms with E-state index in [9.17, 15) is 9.18 Å². The summed E-state index contributed by atoms with van der Waals surface area (Å²) in [5, 5.41) is 0. The number of para-hydroxylation sites is 1. The van der Waals surface area contributed by atoms with Gasteiger partial charge >= 0.3 is 0 Å². The Labute approximate surface area is 203 Å². The second-order valence-electron chi connectivity index (χ2n) is 10.6. The average Bonchev–Trinajstić information content (AvgIpc) is 3.69. The number of carbonyl (C=O) groups excluding carboxylic acids is 1. The highest BCUT2D eigenvalue weighted by atomic mass is 19.1. The number of hydrogen-bond acceptors (Lipinski definition) is 3. The number of fused-ring (bicyclic) bond motifs is 1. The molecule has 0 unspecified atom stereocenters. The minimum absolute atomic E-state index is 0.140. The van der Waals surface area contributed by atoms with E-state index < -0.39 is 0 Å². The molecule has 5 heteroatoms. The topological polar surface area (TPSA) is 32.8 Å². The van der Waals surface area contributed by atoms with Crippen molar-refractivity contribution in [2.75, 3.05) is 32.8 Å². The molecule has 1 amide bonds. The van der Waals surface area contributed by atoms with E-state index in [2.05, 4.69) is 28.0 Å². The van der Waals surface area contributed by atoms with Gasteiger partial charge in [-0.05, 0) is 68.1 Å². The maximum absolute atomic E-state index is 14.5. The number of nitrogens with zero attached hydrogens (tertiary/aromatic N) is 2. The normalized spacial score (nSPS) is 21.7. The smallest absolute Gasteiger partial charge is 0.225 e. The third-order valence-corrected chi connectivity index (χ3v) is 8.01. The van der Waals surface area contributed by atoms with Gasteiger partial charge in [0.2, 0.25) is 5.91 Å². The van der Waals surface area contributed by atoms with Gasteiger partial charge in [-0.1, -0.05) is 42.8 Å². The number of amides is 1. The molecule has 2 heterocycles. The van der Waals surface area contributed by atoms with Gasteiger partial charge < -0.3 is 9.64 Å². The maximum atomic E-state index is 14.5. The van der Waals surface area contributed by atoms with Crippen LogP contribution in [0.1, 0.15) is 56.1 Å². The molecular weight excluding hydrogens is 427 g/mol. The zero-order valence-electron chi connectivity index (χ0n) is 20.2. The van der Waals surface area contributed by atoms with Crippen LogP contribution in [0, 0.1) is 17.2 Å². The van der Waals surface area contributed by atoms with E-state index in [4.69, 9.17) is 4.74 Å². The first-order chi connectivity index (χ1) is 16.6. The summed E-state index contributed by atoms with van der Waals surface area (Å²) >= 11 is 0. The highest BCUT2D eigenvalue weighted by molar-refractivity contribution is 5.81. The molecule has 1 spiro atoms. The van der Waals surface area contributed by atoms with Crippen LogP contribution in [0.5, 0.6) is 5.75 Å². The van der Waals surface area contributed by atoms with E-state index in [1.165, 1.54) is 12.0 Å². The SMILES string of the molecule is O=C(C1CC1)N1CCC2(CCCCc3ccccc3OCCN(Cc3ccccc3F)C2)CC1. The van der Waals surface area contributed by atoms with Gasteiger partial charge in [-0.2, -0.15) is 0 Å². The van der Waals surface area contributed by atoms with Gasteiger partial charge in [0.05, 0.1) is 0 Å². The fraction of sp³-hybridized carbons (Fsp3) is 0.552. The molecule has 2 aliphatic heterocycles. The van der Waals surface area contributed by atoms with E-state index in [1.54, 1.807) is 12.1 Å². The van der Waals surface area contributed by atoms with Gasteiger partial charge in [0, 0.05) is 44.2 Å². The van der Waals surface area contributed by atoms with Crippen LogP contribution in [0.15, 0.2) is 48.5 Å². The average molecular weight is 465 g/mol. The number of piperidine rings is 1. The minimum Gasteiger partial charge on any atom is -0.492 e. The first-order valence-corrected chi connectivity index (χ1v) is 13.1. The zero-order valence-corrected chi connectivity index (χ0v) is 20.2. The lowest BCUT2D eigenvalue weighted by Gasteiger charge is -2.45. The van der Waals surface area contributed by atoms with E-state index >= 15 is 0 Å². The van der Waals surface area contributed by atoms with Crippen molar-refractivity contribution in [3.63, 3.8) is 0 Å². The summed E-state index contributed by atoms with van der Waals surface area (Å²) in [7, 11) is 0. The first-order valence-electron chi connectivity index (χ1n) is 13.1. The van der Waals surface area contributed by atoms with Crippen molar-refractivity contribution in [1.29, 1.82) is 0 Å². The molecule has 2 aromatic carbocycles. The first kappa shape index (κ1) is 23.3. The zero-order chi connectivity index (χ0) is 23.4. The highest BCUT2D eigenvalue weighted by Gasteiger charge is 2.40. The Bertz CT molecular complexity index is 982. The number of benzene rings is 2. The summed E-state index contributed by atoms with van der Waals surface area (Å²) in [5.41, 5.74) is 2.19. The van der Waals surface area contributed by atoms with Crippen molar-refractivity contribution in [2.45, 2.75) is 57.9 Å². The molecule has 182 valence electrons. The van der Waals surface area contributed by atoms with Gasteiger partial charge in [0.25, 0.3) is 0 Å². The molecule has 1 aliphatic carbocycles. The molecule has 3 aliphatic rings. The van der Waals surface area contributed by atoms with Gasteiger partial charge in [-0.3, -0.25) is 9.69 Å². The lowest BCUT2D eigenvalue weighted by Crippen LogP contribution is -2.49. The number of hydrogen-bond donors (Lipinski definition) is 0. The van der Waals surface area contributed by atoms with Crippen molar-refractivity contribution < 1.29 is 13.9 Å². The van der Waals surface area contributed by atoms with E-state index in [-0.39, 0.29) is 11.2 Å². The van der Waals surface area contributed by atoms with E-state index in [1.807, 2.05) is 18.2 Å². The molecule has 0 aromatic heterocycles. The largest absolute Gasteiger partial charge is 0.492 e. The lowest BCUT2D eigenvalue weighted by molar-refractivity contribution is -0.135. The Hall–Kier alpha value is -2.40. The molecule has 5 rings (SSSR count). The second-order valence-corrected chi connectivity index (χ2v) is 10.6.